The molecule has 2 aromatic heterocycles. The monoisotopic (exact) mass is 302 g/mol. The van der Waals surface area contributed by atoms with E-state index in [-0.39, 0.29) is 0 Å². The van der Waals surface area contributed by atoms with Crippen LogP contribution in [0.25, 0.3) is 0 Å². The van der Waals surface area contributed by atoms with E-state index in [9.17, 15) is 0 Å². The largest absolute Gasteiger partial charge is 0.476 e. The topological polar surface area (TPSA) is 64.3 Å². The molecule has 0 saturated carbocycles. The van der Waals surface area contributed by atoms with Crippen molar-refractivity contribution in [2.75, 3.05) is 19.7 Å². The van der Waals surface area contributed by atoms with E-state index in [2.05, 4.69) is 20.0 Å². The molecule has 0 spiro atoms. The van der Waals surface area contributed by atoms with Crippen LogP contribution >= 0.6 is 0 Å². The summed E-state index contributed by atoms with van der Waals surface area (Å²) in [5.74, 6) is 2.11. The summed E-state index contributed by atoms with van der Waals surface area (Å²) < 4.78 is 10.9. The Morgan fingerprint density at radius 1 is 1.23 bits per heavy atom. The minimum atomic E-state index is 0.580. The zero-order valence-corrected chi connectivity index (χ0v) is 13.2. The molecule has 1 fully saturated rings. The molecule has 0 aliphatic carbocycles. The Labute approximate surface area is 130 Å². The van der Waals surface area contributed by atoms with Gasteiger partial charge in [0.2, 0.25) is 5.88 Å². The van der Waals surface area contributed by atoms with E-state index in [4.69, 9.17) is 9.26 Å². The predicted octanol–water partition coefficient (Wildman–Crippen LogP) is 2.37. The van der Waals surface area contributed by atoms with Crippen molar-refractivity contribution in [2.45, 2.75) is 33.2 Å². The Hall–Kier alpha value is -1.95. The lowest BCUT2D eigenvalue weighted by Gasteiger charge is -2.31. The summed E-state index contributed by atoms with van der Waals surface area (Å²) in [4.78, 5) is 10.8. The molecule has 0 amide bonds. The van der Waals surface area contributed by atoms with Crippen LogP contribution in [0.15, 0.2) is 23.0 Å². The molecule has 22 heavy (non-hydrogen) atoms. The van der Waals surface area contributed by atoms with Crippen LogP contribution in [0.1, 0.15) is 30.0 Å². The van der Waals surface area contributed by atoms with Crippen molar-refractivity contribution in [3.8, 4) is 5.88 Å². The Balaban J connectivity index is 1.43. The normalized spacial score (nSPS) is 16.8. The Morgan fingerprint density at radius 3 is 2.68 bits per heavy atom. The standard InChI is InChI=1S/C16H22N4O2/c1-12-9-15(19-22-12)10-20-7-3-14(4-8-20)11-21-16-13(2)17-5-6-18-16/h5-6,9,14H,3-4,7-8,10-11H2,1-2H3. The van der Waals surface area contributed by atoms with Gasteiger partial charge in [-0.25, -0.2) is 4.98 Å². The van der Waals surface area contributed by atoms with Crippen LogP contribution in [0.4, 0.5) is 0 Å². The number of rotatable bonds is 5. The summed E-state index contributed by atoms with van der Waals surface area (Å²) in [6.07, 6.45) is 5.63. The third kappa shape index (κ3) is 3.82. The van der Waals surface area contributed by atoms with Crippen molar-refractivity contribution < 1.29 is 9.26 Å². The van der Waals surface area contributed by atoms with Crippen LogP contribution in [0.5, 0.6) is 5.88 Å². The molecule has 0 aromatic carbocycles. The molecule has 118 valence electrons. The molecule has 0 N–H and O–H groups in total. The summed E-state index contributed by atoms with van der Waals surface area (Å²) in [6, 6.07) is 2.01. The fourth-order valence-electron chi connectivity index (χ4n) is 2.77. The summed E-state index contributed by atoms with van der Waals surface area (Å²) in [5, 5.41) is 4.06. The van der Waals surface area contributed by atoms with Gasteiger partial charge in [0.15, 0.2) is 0 Å². The second-order valence-electron chi connectivity index (χ2n) is 5.91. The SMILES string of the molecule is Cc1cc(CN2CCC(COc3nccnc3C)CC2)no1. The van der Waals surface area contributed by atoms with Gasteiger partial charge in [0.25, 0.3) is 0 Å². The molecule has 1 aliphatic rings. The van der Waals surface area contributed by atoms with Gasteiger partial charge in [0.05, 0.1) is 18.0 Å². The van der Waals surface area contributed by atoms with Crippen molar-refractivity contribution in [3.63, 3.8) is 0 Å². The van der Waals surface area contributed by atoms with E-state index in [1.54, 1.807) is 12.4 Å². The maximum Gasteiger partial charge on any atom is 0.235 e. The first-order valence-electron chi connectivity index (χ1n) is 7.75. The number of likely N-dealkylation sites (tertiary alicyclic amines) is 1. The second kappa shape index (κ2) is 6.87. The van der Waals surface area contributed by atoms with Crippen LogP contribution in [0, 0.1) is 19.8 Å². The highest BCUT2D eigenvalue weighted by molar-refractivity contribution is 5.14. The van der Waals surface area contributed by atoms with Gasteiger partial charge >= 0.3 is 0 Å². The molecular formula is C16H22N4O2. The van der Waals surface area contributed by atoms with E-state index < -0.39 is 0 Å². The molecule has 0 unspecified atom stereocenters. The summed E-state index contributed by atoms with van der Waals surface area (Å²) in [5.41, 5.74) is 1.86. The summed E-state index contributed by atoms with van der Waals surface area (Å²) >= 11 is 0. The number of piperidine rings is 1. The Morgan fingerprint density at radius 2 is 2.00 bits per heavy atom. The molecule has 2 aromatic rings. The van der Waals surface area contributed by atoms with Crippen LogP contribution < -0.4 is 4.74 Å². The summed E-state index contributed by atoms with van der Waals surface area (Å²) in [6.45, 7) is 7.57. The lowest BCUT2D eigenvalue weighted by molar-refractivity contribution is 0.132. The second-order valence-corrected chi connectivity index (χ2v) is 5.91. The zero-order chi connectivity index (χ0) is 15.4. The van der Waals surface area contributed by atoms with Gasteiger partial charge in [-0.1, -0.05) is 5.16 Å². The quantitative estimate of drug-likeness (QED) is 0.845. The minimum absolute atomic E-state index is 0.580. The van der Waals surface area contributed by atoms with Gasteiger partial charge in [0, 0.05) is 25.0 Å². The maximum atomic E-state index is 5.81. The summed E-state index contributed by atoms with van der Waals surface area (Å²) in [7, 11) is 0. The Bertz CT molecular complexity index is 606. The van der Waals surface area contributed by atoms with Crippen molar-refractivity contribution in [1.29, 1.82) is 0 Å². The minimum Gasteiger partial charge on any atom is -0.476 e. The van der Waals surface area contributed by atoms with E-state index in [0.29, 0.717) is 11.8 Å². The Kier molecular flexibility index (Phi) is 4.68. The van der Waals surface area contributed by atoms with Gasteiger partial charge in [-0.3, -0.25) is 9.88 Å². The highest BCUT2D eigenvalue weighted by Crippen LogP contribution is 2.20. The van der Waals surface area contributed by atoms with Crippen LogP contribution in [0.3, 0.4) is 0 Å². The molecule has 0 atom stereocenters. The average Bonchev–Trinajstić information content (AvgIpc) is 2.93. The van der Waals surface area contributed by atoms with E-state index >= 15 is 0 Å². The maximum absolute atomic E-state index is 5.81. The highest BCUT2D eigenvalue weighted by Gasteiger charge is 2.21. The number of hydrogen-bond acceptors (Lipinski definition) is 6. The fraction of sp³-hybridized carbons (Fsp3) is 0.562. The first-order valence-corrected chi connectivity index (χ1v) is 7.75. The third-order valence-electron chi connectivity index (χ3n) is 4.06. The molecule has 0 radical (unpaired) electrons. The van der Waals surface area contributed by atoms with Crippen molar-refractivity contribution in [1.82, 2.24) is 20.0 Å². The van der Waals surface area contributed by atoms with Crippen molar-refractivity contribution in [2.24, 2.45) is 5.92 Å². The smallest absolute Gasteiger partial charge is 0.235 e. The van der Waals surface area contributed by atoms with E-state index in [1.807, 2.05) is 19.9 Å². The first kappa shape index (κ1) is 15.0. The predicted molar refractivity (Wildman–Crippen MR) is 81.5 cm³/mol. The average molecular weight is 302 g/mol. The van der Waals surface area contributed by atoms with Gasteiger partial charge in [0.1, 0.15) is 5.76 Å². The lowest BCUT2D eigenvalue weighted by atomic mass is 9.98. The molecule has 6 heteroatoms. The number of ether oxygens (including phenoxy) is 1. The number of aryl methyl sites for hydroxylation is 2. The van der Waals surface area contributed by atoms with E-state index in [0.717, 1.165) is 56.2 Å². The van der Waals surface area contributed by atoms with Crippen LogP contribution in [-0.2, 0) is 6.54 Å². The highest BCUT2D eigenvalue weighted by atomic mass is 16.5. The van der Waals surface area contributed by atoms with Crippen molar-refractivity contribution in [3.05, 3.63) is 35.6 Å². The van der Waals surface area contributed by atoms with E-state index in [1.165, 1.54) is 0 Å². The van der Waals surface area contributed by atoms with Gasteiger partial charge < -0.3 is 9.26 Å². The fourth-order valence-corrected chi connectivity index (χ4v) is 2.77. The van der Waals surface area contributed by atoms with Gasteiger partial charge in [-0.2, -0.15) is 0 Å². The molecule has 6 nitrogen and oxygen atoms in total. The van der Waals surface area contributed by atoms with Gasteiger partial charge in [-0.05, 0) is 45.7 Å². The number of hydrogen-bond donors (Lipinski definition) is 0. The number of aromatic nitrogens is 3. The van der Waals surface area contributed by atoms with Crippen LogP contribution in [-0.4, -0.2) is 39.7 Å². The van der Waals surface area contributed by atoms with Crippen LogP contribution in [0.2, 0.25) is 0 Å². The molecular weight excluding hydrogens is 280 g/mol. The van der Waals surface area contributed by atoms with Crippen molar-refractivity contribution >= 4 is 0 Å². The molecule has 1 saturated heterocycles. The van der Waals surface area contributed by atoms with Gasteiger partial charge in [-0.15, -0.1) is 0 Å². The lowest BCUT2D eigenvalue weighted by Crippen LogP contribution is -2.35. The number of nitrogens with zero attached hydrogens (tertiary/aromatic N) is 4. The third-order valence-corrected chi connectivity index (χ3v) is 4.06. The molecule has 3 rings (SSSR count). The zero-order valence-electron chi connectivity index (χ0n) is 13.2. The molecule has 0 bridgehead atoms. The molecule has 3 heterocycles. The molecule has 1 aliphatic heterocycles. The first-order chi connectivity index (χ1) is 10.7.